The number of hydrogen-bond acceptors (Lipinski definition) is 3. The molecular weight excluding hydrogens is 194 g/mol. The van der Waals surface area contributed by atoms with Crippen LogP contribution in [0.3, 0.4) is 0 Å². The number of esters is 1. The van der Waals surface area contributed by atoms with Gasteiger partial charge in [-0.3, -0.25) is 4.79 Å². The number of likely N-dealkylation sites (tertiary alicyclic amines) is 1. The number of ether oxygens (including phenoxy) is 1. The second kappa shape index (κ2) is 6.43. The zero-order chi connectivity index (χ0) is 11.1. The highest BCUT2D eigenvalue weighted by Crippen LogP contribution is 2.09. The van der Waals surface area contributed by atoms with Crippen LogP contribution in [0.1, 0.15) is 45.4 Å². The summed E-state index contributed by atoms with van der Waals surface area (Å²) in [6.07, 6.45) is 4.79. The molecule has 0 atom stereocenters. The van der Waals surface area contributed by atoms with Crippen molar-refractivity contribution in [2.24, 2.45) is 0 Å². The van der Waals surface area contributed by atoms with Crippen LogP contribution < -0.4 is 0 Å². The number of amides is 1. The maximum absolute atomic E-state index is 11.4. The quantitative estimate of drug-likeness (QED) is 0.409. The van der Waals surface area contributed by atoms with E-state index in [0.717, 1.165) is 45.2 Å². The molecule has 1 saturated heterocycles. The molecule has 1 aliphatic heterocycles. The smallest absolute Gasteiger partial charge is 0.376 e. The maximum atomic E-state index is 11.4. The van der Waals surface area contributed by atoms with E-state index in [1.807, 2.05) is 0 Å². The number of hydrogen-bond donors (Lipinski definition) is 0. The van der Waals surface area contributed by atoms with Crippen LogP contribution in [0.4, 0.5) is 4.79 Å². The lowest BCUT2D eigenvalue weighted by Gasteiger charge is -2.13. The summed E-state index contributed by atoms with van der Waals surface area (Å²) in [5.41, 5.74) is 0. The van der Waals surface area contributed by atoms with Crippen molar-refractivity contribution >= 4 is 12.1 Å². The second-order valence-electron chi connectivity index (χ2n) is 3.89. The van der Waals surface area contributed by atoms with E-state index in [2.05, 4.69) is 6.92 Å². The average Bonchev–Trinajstić information content (AvgIpc) is 2.70. The number of rotatable bonds is 4. The first-order chi connectivity index (χ1) is 7.24. The lowest BCUT2D eigenvalue weighted by molar-refractivity contribution is -0.138. The largest absolute Gasteiger partial charge is 0.417 e. The summed E-state index contributed by atoms with van der Waals surface area (Å²) in [6.45, 7) is 3.52. The molecule has 0 radical (unpaired) electrons. The van der Waals surface area contributed by atoms with E-state index in [-0.39, 0.29) is 5.97 Å². The molecular formula is C11H19NO3. The normalized spacial score (nSPS) is 15.4. The number of carbonyl (C=O) groups excluding carboxylic acids is 2. The standard InChI is InChI=1S/C11H19NO3/c1-2-3-4-7-10(13)15-11(14)12-8-5-6-9-12/h2-9H2,1H3. The predicted molar refractivity (Wildman–Crippen MR) is 56.4 cm³/mol. The highest BCUT2D eigenvalue weighted by Gasteiger charge is 2.21. The van der Waals surface area contributed by atoms with Crippen LogP contribution in [0, 0.1) is 0 Å². The first kappa shape index (κ1) is 12.0. The molecule has 0 N–H and O–H groups in total. The third-order valence-electron chi connectivity index (χ3n) is 2.55. The molecule has 4 heteroatoms. The number of unbranched alkanes of at least 4 members (excludes halogenated alkanes) is 2. The SMILES string of the molecule is CCCCCC(=O)OC(=O)N1CCCC1. The van der Waals surface area contributed by atoms with Crippen LogP contribution in [0.25, 0.3) is 0 Å². The Balaban J connectivity index is 2.16. The fraction of sp³-hybridized carbons (Fsp3) is 0.818. The van der Waals surface area contributed by atoms with E-state index in [1.165, 1.54) is 0 Å². The highest BCUT2D eigenvalue weighted by atomic mass is 16.6. The van der Waals surface area contributed by atoms with Crippen molar-refractivity contribution in [3.05, 3.63) is 0 Å². The van der Waals surface area contributed by atoms with Crippen molar-refractivity contribution in [2.45, 2.75) is 45.4 Å². The first-order valence-electron chi connectivity index (χ1n) is 5.73. The molecule has 0 spiro atoms. The molecule has 1 amide bonds. The Morgan fingerprint density at radius 2 is 1.87 bits per heavy atom. The molecule has 0 aromatic rings. The molecule has 0 aliphatic carbocycles. The number of carbonyl (C=O) groups is 2. The summed E-state index contributed by atoms with van der Waals surface area (Å²) in [7, 11) is 0. The zero-order valence-electron chi connectivity index (χ0n) is 9.33. The second-order valence-corrected chi connectivity index (χ2v) is 3.89. The van der Waals surface area contributed by atoms with Gasteiger partial charge in [0.1, 0.15) is 0 Å². The van der Waals surface area contributed by atoms with Crippen LogP contribution in [-0.2, 0) is 9.53 Å². The van der Waals surface area contributed by atoms with Crippen LogP contribution >= 0.6 is 0 Å². The fourth-order valence-corrected chi connectivity index (χ4v) is 1.63. The van der Waals surface area contributed by atoms with Crippen molar-refractivity contribution in [3.8, 4) is 0 Å². The molecule has 0 aromatic heterocycles. The Morgan fingerprint density at radius 1 is 1.20 bits per heavy atom. The minimum Gasteiger partial charge on any atom is -0.376 e. The Labute approximate surface area is 90.6 Å². The van der Waals surface area contributed by atoms with Crippen molar-refractivity contribution in [1.82, 2.24) is 4.90 Å². The summed E-state index contributed by atoms with van der Waals surface area (Å²) in [5, 5.41) is 0. The number of nitrogens with zero attached hydrogens (tertiary/aromatic N) is 1. The summed E-state index contributed by atoms with van der Waals surface area (Å²) in [4.78, 5) is 24.2. The molecule has 0 aromatic carbocycles. The molecule has 1 fully saturated rings. The predicted octanol–water partition coefficient (Wildman–Crippen LogP) is 2.33. The molecule has 0 saturated carbocycles. The minimum absolute atomic E-state index is 0.355. The van der Waals surface area contributed by atoms with E-state index in [0.29, 0.717) is 6.42 Å². The molecule has 1 rings (SSSR count). The van der Waals surface area contributed by atoms with Crippen molar-refractivity contribution < 1.29 is 14.3 Å². The molecule has 0 unspecified atom stereocenters. The van der Waals surface area contributed by atoms with Gasteiger partial charge in [0.05, 0.1) is 0 Å². The lowest BCUT2D eigenvalue weighted by Crippen LogP contribution is -2.30. The van der Waals surface area contributed by atoms with Crippen LogP contribution in [-0.4, -0.2) is 30.1 Å². The van der Waals surface area contributed by atoms with Gasteiger partial charge in [0.2, 0.25) is 0 Å². The van der Waals surface area contributed by atoms with Crippen LogP contribution in [0.2, 0.25) is 0 Å². The van der Waals surface area contributed by atoms with Gasteiger partial charge in [-0.1, -0.05) is 19.8 Å². The van der Waals surface area contributed by atoms with E-state index in [9.17, 15) is 9.59 Å². The molecule has 86 valence electrons. The van der Waals surface area contributed by atoms with Gasteiger partial charge in [-0.05, 0) is 19.3 Å². The Kier molecular flexibility index (Phi) is 5.15. The topological polar surface area (TPSA) is 46.6 Å². The molecule has 0 bridgehead atoms. The average molecular weight is 213 g/mol. The third-order valence-corrected chi connectivity index (χ3v) is 2.55. The molecule has 1 aliphatic rings. The Hall–Kier alpha value is -1.06. The highest BCUT2D eigenvalue weighted by molar-refractivity contribution is 5.84. The van der Waals surface area contributed by atoms with Crippen molar-refractivity contribution in [3.63, 3.8) is 0 Å². The first-order valence-corrected chi connectivity index (χ1v) is 5.73. The Bertz CT molecular complexity index is 222. The summed E-state index contributed by atoms with van der Waals surface area (Å²) < 4.78 is 4.73. The van der Waals surface area contributed by atoms with Gasteiger partial charge in [0.15, 0.2) is 0 Å². The van der Waals surface area contributed by atoms with E-state index in [4.69, 9.17) is 4.74 Å². The van der Waals surface area contributed by atoms with Gasteiger partial charge in [-0.2, -0.15) is 0 Å². The van der Waals surface area contributed by atoms with Gasteiger partial charge in [0.25, 0.3) is 0 Å². The van der Waals surface area contributed by atoms with E-state index < -0.39 is 6.09 Å². The zero-order valence-corrected chi connectivity index (χ0v) is 9.33. The van der Waals surface area contributed by atoms with Gasteiger partial charge < -0.3 is 9.64 Å². The van der Waals surface area contributed by atoms with E-state index >= 15 is 0 Å². The lowest BCUT2D eigenvalue weighted by atomic mass is 10.2. The third kappa shape index (κ3) is 4.32. The van der Waals surface area contributed by atoms with Gasteiger partial charge in [-0.25, -0.2) is 4.79 Å². The molecule has 1 heterocycles. The van der Waals surface area contributed by atoms with Crippen molar-refractivity contribution in [2.75, 3.05) is 13.1 Å². The van der Waals surface area contributed by atoms with Gasteiger partial charge >= 0.3 is 12.1 Å². The van der Waals surface area contributed by atoms with Crippen LogP contribution in [0.15, 0.2) is 0 Å². The summed E-state index contributed by atoms with van der Waals surface area (Å²) >= 11 is 0. The van der Waals surface area contributed by atoms with E-state index in [1.54, 1.807) is 4.90 Å². The molecule has 15 heavy (non-hydrogen) atoms. The monoisotopic (exact) mass is 213 g/mol. The Morgan fingerprint density at radius 3 is 2.47 bits per heavy atom. The summed E-state index contributed by atoms with van der Waals surface area (Å²) in [5.74, 6) is -0.389. The van der Waals surface area contributed by atoms with Crippen molar-refractivity contribution in [1.29, 1.82) is 0 Å². The fourth-order valence-electron chi connectivity index (χ4n) is 1.63. The molecule has 4 nitrogen and oxygen atoms in total. The van der Waals surface area contributed by atoms with Gasteiger partial charge in [0, 0.05) is 19.5 Å². The van der Waals surface area contributed by atoms with Gasteiger partial charge in [-0.15, -0.1) is 0 Å². The van der Waals surface area contributed by atoms with Crippen LogP contribution in [0.5, 0.6) is 0 Å². The maximum Gasteiger partial charge on any atom is 0.417 e. The minimum atomic E-state index is -0.464. The summed E-state index contributed by atoms with van der Waals surface area (Å²) in [6, 6.07) is 0.